The Morgan fingerprint density at radius 1 is 1.29 bits per heavy atom. The van der Waals surface area contributed by atoms with E-state index >= 15 is 0 Å². The summed E-state index contributed by atoms with van der Waals surface area (Å²) in [6, 6.07) is 0. The molecule has 17 heavy (non-hydrogen) atoms. The van der Waals surface area contributed by atoms with Crippen LogP contribution in [0.5, 0.6) is 0 Å². The van der Waals surface area contributed by atoms with Crippen LogP contribution in [0.2, 0.25) is 0 Å². The zero-order chi connectivity index (χ0) is 12.1. The topological polar surface area (TPSA) is 32.3 Å². The first-order valence-corrected chi connectivity index (χ1v) is 7.28. The van der Waals surface area contributed by atoms with E-state index in [9.17, 15) is 4.79 Å². The van der Waals surface area contributed by atoms with Crippen molar-refractivity contribution in [2.24, 2.45) is 11.8 Å². The zero-order valence-electron chi connectivity index (χ0n) is 11.1. The first kappa shape index (κ1) is 12.9. The van der Waals surface area contributed by atoms with E-state index in [-0.39, 0.29) is 0 Å². The van der Waals surface area contributed by atoms with Crippen LogP contribution in [-0.4, -0.2) is 37.0 Å². The normalized spacial score (nSPS) is 30.6. The summed E-state index contributed by atoms with van der Waals surface area (Å²) in [6.07, 6.45) is 6.91. The molecule has 3 nitrogen and oxygen atoms in total. The van der Waals surface area contributed by atoms with E-state index in [2.05, 4.69) is 17.1 Å². The molecule has 1 N–H and O–H groups in total. The number of likely N-dealkylation sites (tertiary alicyclic amines) is 1. The average Bonchev–Trinajstić information content (AvgIpc) is 2.77. The molecule has 0 aromatic heterocycles. The largest absolute Gasteiger partial charge is 0.342 e. The number of amides is 1. The Balaban J connectivity index is 1.82. The third-order valence-corrected chi connectivity index (χ3v) is 4.26. The Morgan fingerprint density at radius 2 is 2.18 bits per heavy atom. The van der Waals surface area contributed by atoms with Crippen LogP contribution >= 0.6 is 0 Å². The van der Waals surface area contributed by atoms with E-state index in [4.69, 9.17) is 0 Å². The fourth-order valence-electron chi connectivity index (χ4n) is 3.17. The van der Waals surface area contributed by atoms with Crippen molar-refractivity contribution >= 4 is 5.91 Å². The van der Waals surface area contributed by atoms with Crippen LogP contribution in [0.1, 0.15) is 45.4 Å². The van der Waals surface area contributed by atoms with Gasteiger partial charge in [-0.15, -0.1) is 0 Å². The fourth-order valence-corrected chi connectivity index (χ4v) is 3.17. The van der Waals surface area contributed by atoms with Gasteiger partial charge in [0.15, 0.2) is 0 Å². The average molecular weight is 238 g/mol. The molecule has 0 bridgehead atoms. The predicted octanol–water partition coefficient (Wildman–Crippen LogP) is 2.02. The van der Waals surface area contributed by atoms with E-state index < -0.39 is 0 Å². The maximum atomic E-state index is 12.1. The molecule has 0 saturated carbocycles. The van der Waals surface area contributed by atoms with Gasteiger partial charge in [-0.2, -0.15) is 0 Å². The number of carbonyl (C=O) groups excluding carboxylic acids is 1. The number of nitrogens with zero attached hydrogens (tertiary/aromatic N) is 1. The maximum Gasteiger partial charge on any atom is 0.222 e. The fraction of sp³-hybridized carbons (Fsp3) is 0.929. The molecule has 0 radical (unpaired) electrons. The SMILES string of the molecule is CCCC1CCC(=O)N(CC2CCNC2)CC1. The van der Waals surface area contributed by atoms with Crippen LogP contribution in [-0.2, 0) is 4.79 Å². The molecule has 2 heterocycles. The van der Waals surface area contributed by atoms with Crippen LogP contribution in [0.3, 0.4) is 0 Å². The van der Waals surface area contributed by atoms with E-state index in [1.807, 2.05) is 0 Å². The molecular formula is C14H26N2O. The molecule has 2 aliphatic rings. The Morgan fingerprint density at radius 3 is 2.88 bits per heavy atom. The molecule has 2 saturated heterocycles. The lowest BCUT2D eigenvalue weighted by atomic mass is 9.96. The molecule has 0 aromatic rings. The Bertz CT molecular complexity index is 249. The van der Waals surface area contributed by atoms with Crippen molar-refractivity contribution in [1.82, 2.24) is 10.2 Å². The second kappa shape index (κ2) is 6.39. The van der Waals surface area contributed by atoms with Gasteiger partial charge in [0.2, 0.25) is 5.91 Å². The maximum absolute atomic E-state index is 12.1. The third kappa shape index (κ3) is 3.70. The van der Waals surface area contributed by atoms with Gasteiger partial charge in [-0.3, -0.25) is 4.79 Å². The minimum absolute atomic E-state index is 0.399. The van der Waals surface area contributed by atoms with Crippen LogP contribution < -0.4 is 5.32 Å². The Kier molecular flexibility index (Phi) is 4.84. The standard InChI is InChI=1S/C14H26N2O/c1-2-3-12-4-5-14(17)16(9-7-12)11-13-6-8-15-10-13/h12-13,15H,2-11H2,1H3. The van der Waals surface area contributed by atoms with E-state index in [1.165, 1.54) is 25.7 Å². The Hall–Kier alpha value is -0.570. The van der Waals surface area contributed by atoms with Gasteiger partial charge in [-0.1, -0.05) is 19.8 Å². The highest BCUT2D eigenvalue weighted by Crippen LogP contribution is 2.23. The van der Waals surface area contributed by atoms with Crippen LogP contribution in [0.25, 0.3) is 0 Å². The number of hydrogen-bond donors (Lipinski definition) is 1. The zero-order valence-corrected chi connectivity index (χ0v) is 11.1. The number of hydrogen-bond acceptors (Lipinski definition) is 2. The van der Waals surface area contributed by atoms with Crippen molar-refractivity contribution < 1.29 is 4.79 Å². The van der Waals surface area contributed by atoms with Gasteiger partial charge in [-0.25, -0.2) is 0 Å². The summed E-state index contributed by atoms with van der Waals surface area (Å²) in [5, 5.41) is 3.38. The van der Waals surface area contributed by atoms with Gasteiger partial charge in [0.25, 0.3) is 0 Å². The number of carbonyl (C=O) groups is 1. The molecule has 0 spiro atoms. The summed E-state index contributed by atoms with van der Waals surface area (Å²) in [4.78, 5) is 14.2. The van der Waals surface area contributed by atoms with Crippen LogP contribution in [0, 0.1) is 11.8 Å². The monoisotopic (exact) mass is 238 g/mol. The summed E-state index contributed by atoms with van der Waals surface area (Å²) < 4.78 is 0. The third-order valence-electron chi connectivity index (χ3n) is 4.26. The molecule has 2 rings (SSSR count). The summed E-state index contributed by atoms with van der Waals surface area (Å²) in [7, 11) is 0. The highest BCUT2D eigenvalue weighted by Gasteiger charge is 2.25. The summed E-state index contributed by atoms with van der Waals surface area (Å²) in [5.74, 6) is 1.88. The molecule has 3 heteroatoms. The van der Waals surface area contributed by atoms with Crippen molar-refractivity contribution in [2.45, 2.75) is 45.4 Å². The molecular weight excluding hydrogens is 212 g/mol. The predicted molar refractivity (Wildman–Crippen MR) is 69.8 cm³/mol. The molecule has 98 valence electrons. The van der Waals surface area contributed by atoms with Gasteiger partial charge in [0, 0.05) is 19.5 Å². The highest BCUT2D eigenvalue weighted by atomic mass is 16.2. The minimum Gasteiger partial charge on any atom is -0.342 e. The molecule has 0 aliphatic carbocycles. The van der Waals surface area contributed by atoms with Gasteiger partial charge in [0.05, 0.1) is 0 Å². The van der Waals surface area contributed by atoms with Gasteiger partial charge in [0.1, 0.15) is 0 Å². The lowest BCUT2D eigenvalue weighted by Crippen LogP contribution is -2.35. The Labute approximate surface area is 105 Å². The molecule has 2 atom stereocenters. The number of nitrogens with one attached hydrogen (secondary N) is 1. The van der Waals surface area contributed by atoms with Gasteiger partial charge < -0.3 is 10.2 Å². The molecule has 2 fully saturated rings. The summed E-state index contributed by atoms with van der Waals surface area (Å²) in [5.41, 5.74) is 0. The van der Waals surface area contributed by atoms with Crippen molar-refractivity contribution in [1.29, 1.82) is 0 Å². The van der Waals surface area contributed by atoms with Crippen molar-refractivity contribution in [3.8, 4) is 0 Å². The van der Waals surface area contributed by atoms with E-state index in [0.29, 0.717) is 11.8 Å². The van der Waals surface area contributed by atoms with Gasteiger partial charge in [-0.05, 0) is 44.2 Å². The highest BCUT2D eigenvalue weighted by molar-refractivity contribution is 5.76. The van der Waals surface area contributed by atoms with Crippen LogP contribution in [0.4, 0.5) is 0 Å². The van der Waals surface area contributed by atoms with Crippen LogP contribution in [0.15, 0.2) is 0 Å². The van der Waals surface area contributed by atoms with Gasteiger partial charge >= 0.3 is 0 Å². The molecule has 2 unspecified atom stereocenters. The first-order chi connectivity index (χ1) is 8.29. The summed E-state index contributed by atoms with van der Waals surface area (Å²) in [6.45, 7) is 6.46. The quantitative estimate of drug-likeness (QED) is 0.812. The molecule has 0 aromatic carbocycles. The molecule has 2 aliphatic heterocycles. The second-order valence-electron chi connectivity index (χ2n) is 5.68. The van der Waals surface area contributed by atoms with E-state index in [1.54, 1.807) is 0 Å². The van der Waals surface area contributed by atoms with Crippen molar-refractivity contribution in [3.63, 3.8) is 0 Å². The minimum atomic E-state index is 0.399. The van der Waals surface area contributed by atoms with Crippen molar-refractivity contribution in [2.75, 3.05) is 26.2 Å². The lowest BCUT2D eigenvalue weighted by Gasteiger charge is -2.24. The second-order valence-corrected chi connectivity index (χ2v) is 5.68. The number of rotatable bonds is 4. The smallest absolute Gasteiger partial charge is 0.222 e. The first-order valence-electron chi connectivity index (χ1n) is 7.28. The van der Waals surface area contributed by atoms with E-state index in [0.717, 1.165) is 44.9 Å². The molecule has 1 amide bonds. The summed E-state index contributed by atoms with van der Waals surface area (Å²) >= 11 is 0. The lowest BCUT2D eigenvalue weighted by molar-refractivity contribution is -0.131. The van der Waals surface area contributed by atoms with Crippen molar-refractivity contribution in [3.05, 3.63) is 0 Å².